The largest absolute Gasteiger partial charge is 0.316 e. The smallest absolute Gasteiger partial charge is 0.155 e. The van der Waals surface area contributed by atoms with Crippen LogP contribution in [-0.2, 0) is 5.67 Å². The van der Waals surface area contributed by atoms with E-state index in [1.165, 1.54) is 6.07 Å². The first-order valence-electron chi connectivity index (χ1n) is 8.13. The molecule has 3 rings (SSSR count). The average Bonchev–Trinajstić information content (AvgIpc) is 3.04. The highest BCUT2D eigenvalue weighted by Gasteiger charge is 2.37. The van der Waals surface area contributed by atoms with Gasteiger partial charge in [-0.25, -0.2) is 8.78 Å². The van der Waals surface area contributed by atoms with E-state index in [-0.39, 0.29) is 6.04 Å². The zero-order chi connectivity index (χ0) is 16.4. The molecule has 1 aliphatic rings. The molecule has 0 bridgehead atoms. The number of alkyl halides is 1. The Morgan fingerprint density at radius 3 is 2.78 bits per heavy atom. The molecule has 2 aromatic rings. The summed E-state index contributed by atoms with van der Waals surface area (Å²) < 4.78 is 30.9. The van der Waals surface area contributed by atoms with Crippen LogP contribution in [0.3, 0.4) is 0 Å². The molecule has 23 heavy (non-hydrogen) atoms. The van der Waals surface area contributed by atoms with Gasteiger partial charge in [0, 0.05) is 23.4 Å². The zero-order valence-electron chi connectivity index (χ0n) is 13.5. The van der Waals surface area contributed by atoms with Crippen LogP contribution in [0.2, 0.25) is 0 Å². The summed E-state index contributed by atoms with van der Waals surface area (Å²) in [6.07, 6.45) is 6.24. The van der Waals surface area contributed by atoms with Crippen LogP contribution >= 0.6 is 0 Å². The second kappa shape index (κ2) is 6.35. The molecular weight excluding hydrogens is 298 g/mol. The number of hydrogen-bond donors (Lipinski definition) is 1. The molecule has 0 radical (unpaired) electrons. The molecule has 0 amide bonds. The average molecular weight is 320 g/mol. The van der Waals surface area contributed by atoms with Gasteiger partial charge < -0.3 is 5.32 Å². The zero-order valence-corrected chi connectivity index (χ0v) is 13.5. The van der Waals surface area contributed by atoms with Gasteiger partial charge in [-0.3, -0.25) is 9.67 Å². The van der Waals surface area contributed by atoms with Gasteiger partial charge in [0.05, 0.1) is 18.1 Å². The first-order valence-corrected chi connectivity index (χ1v) is 8.13. The van der Waals surface area contributed by atoms with Crippen LogP contribution in [0, 0.1) is 5.82 Å². The molecule has 0 aromatic carbocycles. The number of nitrogens with zero attached hydrogens (tertiary/aromatic N) is 3. The van der Waals surface area contributed by atoms with Gasteiger partial charge in [-0.15, -0.1) is 0 Å². The van der Waals surface area contributed by atoms with Crippen molar-refractivity contribution in [2.45, 2.75) is 44.8 Å². The van der Waals surface area contributed by atoms with Crippen molar-refractivity contribution in [2.75, 3.05) is 13.1 Å². The lowest BCUT2D eigenvalue weighted by molar-refractivity contribution is 0.110. The summed E-state index contributed by atoms with van der Waals surface area (Å²) in [7, 11) is 0. The van der Waals surface area contributed by atoms with Crippen molar-refractivity contribution in [3.05, 3.63) is 36.2 Å². The van der Waals surface area contributed by atoms with Gasteiger partial charge in [-0.2, -0.15) is 5.10 Å². The molecule has 0 aliphatic carbocycles. The van der Waals surface area contributed by atoms with Crippen molar-refractivity contribution >= 4 is 0 Å². The Labute approximate surface area is 134 Å². The number of pyridine rings is 1. The predicted molar refractivity (Wildman–Crippen MR) is 85.3 cm³/mol. The number of nitrogens with one attached hydrogen (secondary N) is 1. The second-order valence-electron chi connectivity index (χ2n) is 6.23. The van der Waals surface area contributed by atoms with Gasteiger partial charge in [0.25, 0.3) is 0 Å². The molecule has 1 atom stereocenters. The highest BCUT2D eigenvalue weighted by Crippen LogP contribution is 2.39. The Morgan fingerprint density at radius 1 is 1.35 bits per heavy atom. The monoisotopic (exact) mass is 320 g/mol. The second-order valence-corrected chi connectivity index (χ2v) is 6.23. The third-order valence-corrected chi connectivity index (χ3v) is 4.63. The topological polar surface area (TPSA) is 42.7 Å². The van der Waals surface area contributed by atoms with Crippen LogP contribution in [0.1, 0.15) is 44.8 Å². The molecular formula is C17H22F2N4. The molecule has 0 spiro atoms. The first-order chi connectivity index (χ1) is 11.0. The Balaban J connectivity index is 2.04. The number of halogens is 2. The molecule has 2 aromatic heterocycles. The molecule has 1 aliphatic heterocycles. The normalized spacial score (nSPS) is 18.8. The van der Waals surface area contributed by atoms with E-state index in [9.17, 15) is 4.39 Å². The van der Waals surface area contributed by atoms with E-state index in [1.54, 1.807) is 6.20 Å². The lowest BCUT2D eigenvalue weighted by atomic mass is 9.86. The maximum atomic E-state index is 15.4. The molecule has 0 unspecified atom stereocenters. The fraction of sp³-hybridized carbons (Fsp3) is 0.529. The van der Waals surface area contributed by atoms with Gasteiger partial charge in [-0.1, -0.05) is 6.92 Å². The van der Waals surface area contributed by atoms with Gasteiger partial charge in [0.1, 0.15) is 5.82 Å². The van der Waals surface area contributed by atoms with Gasteiger partial charge in [0.2, 0.25) is 0 Å². The van der Waals surface area contributed by atoms with Crippen LogP contribution in [0.25, 0.3) is 11.1 Å². The third kappa shape index (κ3) is 3.13. The number of hydrogen-bond acceptors (Lipinski definition) is 3. The molecule has 1 fully saturated rings. The number of piperidine rings is 1. The summed E-state index contributed by atoms with van der Waals surface area (Å²) in [6.45, 7) is 5.33. The van der Waals surface area contributed by atoms with Crippen molar-refractivity contribution < 1.29 is 8.78 Å². The molecule has 6 heteroatoms. The highest BCUT2D eigenvalue weighted by molar-refractivity contribution is 5.65. The minimum Gasteiger partial charge on any atom is -0.316 e. The van der Waals surface area contributed by atoms with Crippen molar-refractivity contribution in [3.8, 4) is 11.1 Å². The quantitative estimate of drug-likeness (QED) is 0.936. The lowest BCUT2D eigenvalue weighted by Crippen LogP contribution is -2.37. The van der Waals surface area contributed by atoms with E-state index < -0.39 is 11.5 Å². The maximum Gasteiger partial charge on any atom is 0.155 e. The summed E-state index contributed by atoms with van der Waals surface area (Å²) in [5.41, 5.74) is 0.0168. The van der Waals surface area contributed by atoms with Gasteiger partial charge in [-0.05, 0) is 45.3 Å². The minimum absolute atomic E-state index is 0.243. The Bertz CT molecular complexity index is 677. The fourth-order valence-corrected chi connectivity index (χ4v) is 2.98. The predicted octanol–water partition coefficient (Wildman–Crippen LogP) is 3.60. The van der Waals surface area contributed by atoms with Crippen LogP contribution in [0.4, 0.5) is 8.78 Å². The molecule has 4 nitrogen and oxygen atoms in total. The van der Waals surface area contributed by atoms with E-state index in [0.29, 0.717) is 42.8 Å². The molecule has 0 saturated carbocycles. The van der Waals surface area contributed by atoms with E-state index in [0.717, 1.165) is 12.6 Å². The summed E-state index contributed by atoms with van der Waals surface area (Å²) in [6, 6.07) is 1.61. The Hall–Kier alpha value is -1.82. The van der Waals surface area contributed by atoms with Crippen LogP contribution in [-0.4, -0.2) is 27.9 Å². The summed E-state index contributed by atoms with van der Waals surface area (Å²) >= 11 is 0. The molecule has 1 saturated heterocycles. The van der Waals surface area contributed by atoms with Crippen molar-refractivity contribution in [1.29, 1.82) is 0 Å². The van der Waals surface area contributed by atoms with Crippen LogP contribution in [0.15, 0.2) is 24.7 Å². The van der Waals surface area contributed by atoms with Gasteiger partial charge >= 0.3 is 0 Å². The summed E-state index contributed by atoms with van der Waals surface area (Å²) in [4.78, 5) is 4.11. The summed E-state index contributed by atoms with van der Waals surface area (Å²) in [5.74, 6) is -0.461. The SMILES string of the molecule is CC[C@H](C)n1cc(-c2cc(F)cnc2C2(F)CCNCC2)cn1. The lowest BCUT2D eigenvalue weighted by Gasteiger charge is -2.30. The Morgan fingerprint density at radius 2 is 2.09 bits per heavy atom. The van der Waals surface area contributed by atoms with E-state index in [1.807, 2.05) is 10.9 Å². The fourth-order valence-electron chi connectivity index (χ4n) is 2.98. The molecule has 1 N–H and O–H groups in total. The van der Waals surface area contributed by atoms with Crippen LogP contribution in [0.5, 0.6) is 0 Å². The highest BCUT2D eigenvalue weighted by atomic mass is 19.1. The van der Waals surface area contributed by atoms with Crippen molar-refractivity contribution in [2.24, 2.45) is 0 Å². The van der Waals surface area contributed by atoms with Crippen molar-refractivity contribution in [1.82, 2.24) is 20.1 Å². The minimum atomic E-state index is -1.52. The van der Waals surface area contributed by atoms with Crippen LogP contribution < -0.4 is 5.32 Å². The van der Waals surface area contributed by atoms with E-state index >= 15 is 4.39 Å². The van der Waals surface area contributed by atoms with Gasteiger partial charge in [0.15, 0.2) is 5.67 Å². The third-order valence-electron chi connectivity index (χ3n) is 4.63. The van der Waals surface area contributed by atoms with Crippen molar-refractivity contribution in [3.63, 3.8) is 0 Å². The molecule has 3 heterocycles. The van der Waals surface area contributed by atoms with E-state index in [4.69, 9.17) is 0 Å². The Kier molecular flexibility index (Phi) is 4.43. The number of aromatic nitrogens is 3. The summed E-state index contributed by atoms with van der Waals surface area (Å²) in [5, 5.41) is 7.48. The standard InChI is InChI=1S/C17H22F2N4/c1-3-12(2)23-11-13(9-22-23)15-8-14(18)10-21-16(15)17(19)4-6-20-7-5-17/h8-12,20H,3-7H2,1-2H3/t12-/m0/s1. The maximum absolute atomic E-state index is 15.4. The number of rotatable bonds is 4. The first kappa shape index (κ1) is 16.1. The van der Waals surface area contributed by atoms with E-state index in [2.05, 4.69) is 29.2 Å². The molecule has 124 valence electrons.